The Bertz CT molecular complexity index is 348. The molecular weight excluding hydrogens is 258 g/mol. The summed E-state index contributed by atoms with van der Waals surface area (Å²) in [5.41, 5.74) is -0.835. The van der Waals surface area contributed by atoms with Gasteiger partial charge in [-0.25, -0.2) is 0 Å². The Labute approximate surface area is 121 Å². The fraction of sp³-hybridized carbons (Fsp3) is 0.857. The van der Waals surface area contributed by atoms with Gasteiger partial charge in [-0.3, -0.25) is 14.5 Å². The van der Waals surface area contributed by atoms with E-state index in [0.717, 1.165) is 12.8 Å². The first-order valence-electron chi connectivity index (χ1n) is 7.19. The number of carbonyl (C=O) groups is 2. The molecule has 116 valence electrons. The minimum absolute atomic E-state index is 0.0927. The van der Waals surface area contributed by atoms with E-state index in [9.17, 15) is 14.7 Å². The summed E-state index contributed by atoms with van der Waals surface area (Å²) in [7, 11) is 1.63. The van der Waals surface area contributed by atoms with Crippen LogP contribution in [0.1, 0.15) is 33.6 Å². The van der Waals surface area contributed by atoms with Gasteiger partial charge < -0.3 is 15.3 Å². The zero-order valence-corrected chi connectivity index (χ0v) is 13.0. The van der Waals surface area contributed by atoms with Crippen molar-refractivity contribution in [2.45, 2.75) is 45.3 Å². The van der Waals surface area contributed by atoms with E-state index in [2.05, 4.69) is 5.32 Å². The molecule has 1 saturated carbocycles. The highest BCUT2D eigenvalue weighted by molar-refractivity contribution is 5.85. The Balaban J connectivity index is 2.36. The number of hydrogen-bond donors (Lipinski definition) is 2. The quantitative estimate of drug-likeness (QED) is 0.649. The third kappa shape index (κ3) is 6.86. The van der Waals surface area contributed by atoms with Crippen molar-refractivity contribution in [1.82, 2.24) is 15.1 Å². The van der Waals surface area contributed by atoms with E-state index in [1.807, 2.05) is 11.8 Å². The van der Waals surface area contributed by atoms with Crippen LogP contribution in [0.4, 0.5) is 0 Å². The molecule has 0 radical (unpaired) electrons. The molecule has 0 unspecified atom stereocenters. The van der Waals surface area contributed by atoms with Crippen LogP contribution in [0.25, 0.3) is 0 Å². The highest BCUT2D eigenvalue weighted by Gasteiger charge is 2.25. The van der Waals surface area contributed by atoms with E-state index in [4.69, 9.17) is 0 Å². The summed E-state index contributed by atoms with van der Waals surface area (Å²) in [6.07, 6.45) is 2.08. The van der Waals surface area contributed by atoms with E-state index >= 15 is 0 Å². The first-order valence-corrected chi connectivity index (χ1v) is 7.19. The van der Waals surface area contributed by atoms with Crippen LogP contribution in [0.15, 0.2) is 0 Å². The molecule has 1 rings (SSSR count). The molecule has 0 aromatic rings. The molecule has 0 aromatic heterocycles. The minimum atomic E-state index is -0.835. The van der Waals surface area contributed by atoms with Gasteiger partial charge in [0.25, 0.3) is 0 Å². The van der Waals surface area contributed by atoms with Gasteiger partial charge in [0.15, 0.2) is 0 Å². The third-order valence-corrected chi connectivity index (χ3v) is 3.17. The second-order valence-corrected chi connectivity index (χ2v) is 6.21. The van der Waals surface area contributed by atoms with Crippen LogP contribution in [0.5, 0.6) is 0 Å². The maximum atomic E-state index is 12.1. The van der Waals surface area contributed by atoms with Gasteiger partial charge in [-0.2, -0.15) is 0 Å². The SMILES string of the molecule is CCN(CC(=O)N(C)CC(=O)NC1CC1)CC(C)(C)O. The summed E-state index contributed by atoms with van der Waals surface area (Å²) >= 11 is 0. The zero-order chi connectivity index (χ0) is 15.3. The molecule has 1 fully saturated rings. The smallest absolute Gasteiger partial charge is 0.239 e. The van der Waals surface area contributed by atoms with E-state index in [1.54, 1.807) is 20.9 Å². The maximum absolute atomic E-state index is 12.1. The van der Waals surface area contributed by atoms with E-state index < -0.39 is 5.60 Å². The van der Waals surface area contributed by atoms with Gasteiger partial charge in [0.1, 0.15) is 0 Å². The fourth-order valence-corrected chi connectivity index (χ4v) is 1.94. The van der Waals surface area contributed by atoms with Crippen LogP contribution in [0, 0.1) is 0 Å². The summed E-state index contributed by atoms with van der Waals surface area (Å²) in [5, 5.41) is 12.7. The second-order valence-electron chi connectivity index (χ2n) is 6.21. The van der Waals surface area contributed by atoms with Crippen LogP contribution in [-0.2, 0) is 9.59 Å². The number of nitrogens with zero attached hydrogens (tertiary/aromatic N) is 2. The molecule has 0 atom stereocenters. The lowest BCUT2D eigenvalue weighted by molar-refractivity contribution is -0.136. The molecular formula is C14H27N3O3. The molecule has 2 N–H and O–H groups in total. The largest absolute Gasteiger partial charge is 0.389 e. The predicted molar refractivity (Wildman–Crippen MR) is 77.2 cm³/mol. The Kier molecular flexibility index (Phi) is 5.95. The second kappa shape index (κ2) is 7.04. The van der Waals surface area contributed by atoms with Crippen LogP contribution < -0.4 is 5.32 Å². The zero-order valence-electron chi connectivity index (χ0n) is 13.0. The van der Waals surface area contributed by atoms with Crippen LogP contribution >= 0.6 is 0 Å². The highest BCUT2D eigenvalue weighted by atomic mass is 16.3. The summed E-state index contributed by atoms with van der Waals surface area (Å²) in [5.74, 6) is -0.212. The molecule has 0 spiro atoms. The monoisotopic (exact) mass is 285 g/mol. The normalized spacial score (nSPS) is 15.3. The number of nitrogens with one attached hydrogen (secondary N) is 1. The van der Waals surface area contributed by atoms with Crippen molar-refractivity contribution >= 4 is 11.8 Å². The first-order chi connectivity index (χ1) is 9.21. The summed E-state index contributed by atoms with van der Waals surface area (Å²) in [6, 6.07) is 0.313. The molecule has 0 aromatic carbocycles. The molecule has 0 bridgehead atoms. The van der Waals surface area contributed by atoms with Crippen molar-refractivity contribution in [3.63, 3.8) is 0 Å². The number of likely N-dealkylation sites (N-methyl/N-ethyl adjacent to an activating group) is 2. The molecule has 0 saturated heterocycles. The van der Waals surface area contributed by atoms with Crippen LogP contribution in [0.2, 0.25) is 0 Å². The Hall–Kier alpha value is -1.14. The Morgan fingerprint density at radius 2 is 1.90 bits per heavy atom. The molecule has 6 nitrogen and oxygen atoms in total. The molecule has 20 heavy (non-hydrogen) atoms. The molecule has 2 amide bonds. The van der Waals surface area contributed by atoms with Crippen molar-refractivity contribution in [2.75, 3.05) is 33.2 Å². The highest BCUT2D eigenvalue weighted by Crippen LogP contribution is 2.18. The Morgan fingerprint density at radius 3 is 2.35 bits per heavy atom. The molecule has 1 aliphatic carbocycles. The van der Waals surface area contributed by atoms with Gasteiger partial charge in [-0.15, -0.1) is 0 Å². The van der Waals surface area contributed by atoms with E-state index in [1.165, 1.54) is 4.90 Å². The lowest BCUT2D eigenvalue weighted by Gasteiger charge is -2.28. The van der Waals surface area contributed by atoms with Crippen LogP contribution in [0.3, 0.4) is 0 Å². The lowest BCUT2D eigenvalue weighted by Crippen LogP contribution is -2.46. The number of rotatable bonds is 8. The number of aliphatic hydroxyl groups is 1. The molecule has 0 heterocycles. The van der Waals surface area contributed by atoms with Crippen molar-refractivity contribution in [3.8, 4) is 0 Å². The Morgan fingerprint density at radius 1 is 1.30 bits per heavy atom. The molecule has 1 aliphatic rings. The number of hydrogen-bond acceptors (Lipinski definition) is 4. The maximum Gasteiger partial charge on any atom is 0.239 e. The average Bonchev–Trinajstić information content (AvgIpc) is 3.09. The third-order valence-electron chi connectivity index (χ3n) is 3.17. The summed E-state index contributed by atoms with van der Waals surface area (Å²) in [6.45, 7) is 6.79. The van der Waals surface area contributed by atoms with E-state index in [0.29, 0.717) is 19.1 Å². The standard InChI is InChI=1S/C14H27N3O3/c1-5-17(10-14(2,3)20)9-13(19)16(4)8-12(18)15-11-6-7-11/h11,20H,5-10H2,1-4H3,(H,15,18). The minimum Gasteiger partial charge on any atom is -0.389 e. The molecule has 0 aliphatic heterocycles. The molecule has 6 heteroatoms. The van der Waals surface area contributed by atoms with Crippen molar-refractivity contribution < 1.29 is 14.7 Å². The topological polar surface area (TPSA) is 72.9 Å². The van der Waals surface area contributed by atoms with Crippen molar-refractivity contribution in [2.24, 2.45) is 0 Å². The van der Waals surface area contributed by atoms with Gasteiger partial charge in [-0.05, 0) is 33.2 Å². The summed E-state index contributed by atoms with van der Waals surface area (Å²) in [4.78, 5) is 27.0. The first kappa shape index (κ1) is 16.9. The number of amides is 2. The number of carbonyl (C=O) groups excluding carboxylic acids is 2. The fourth-order valence-electron chi connectivity index (χ4n) is 1.94. The summed E-state index contributed by atoms with van der Waals surface area (Å²) < 4.78 is 0. The van der Waals surface area contributed by atoms with Crippen molar-refractivity contribution in [3.05, 3.63) is 0 Å². The van der Waals surface area contributed by atoms with Gasteiger partial charge in [0.05, 0.1) is 18.7 Å². The van der Waals surface area contributed by atoms with Crippen LogP contribution in [-0.4, -0.2) is 71.6 Å². The lowest BCUT2D eigenvalue weighted by atomic mass is 10.1. The van der Waals surface area contributed by atoms with Gasteiger partial charge in [-0.1, -0.05) is 6.92 Å². The van der Waals surface area contributed by atoms with Gasteiger partial charge in [0.2, 0.25) is 11.8 Å². The van der Waals surface area contributed by atoms with Gasteiger partial charge >= 0.3 is 0 Å². The van der Waals surface area contributed by atoms with Gasteiger partial charge in [0, 0.05) is 19.6 Å². The average molecular weight is 285 g/mol. The van der Waals surface area contributed by atoms with E-state index in [-0.39, 0.29) is 24.9 Å². The predicted octanol–water partition coefficient (Wildman–Crippen LogP) is -0.184. The van der Waals surface area contributed by atoms with Crippen molar-refractivity contribution in [1.29, 1.82) is 0 Å².